The second-order valence-electron chi connectivity index (χ2n) is 5.30. The van der Waals surface area contributed by atoms with Gasteiger partial charge in [0.05, 0.1) is 22.3 Å². The Balaban J connectivity index is 1.57. The van der Waals surface area contributed by atoms with Crippen LogP contribution in [0.5, 0.6) is 0 Å². The van der Waals surface area contributed by atoms with E-state index in [9.17, 15) is 9.59 Å². The van der Waals surface area contributed by atoms with E-state index in [4.69, 9.17) is 4.74 Å². The number of aromatic nitrogens is 1. The SMILES string of the molecule is COC(=O)[C@H]1CN(C(=O)CCc2nc3ccccc3s2)CCS1. The number of rotatable bonds is 4. The normalized spacial score (nSPS) is 18.1. The van der Waals surface area contributed by atoms with Crippen molar-refractivity contribution in [2.75, 3.05) is 26.0 Å². The summed E-state index contributed by atoms with van der Waals surface area (Å²) in [5.74, 6) is 0.601. The third-order valence-corrected chi connectivity index (χ3v) is 6.03. The molecule has 7 heteroatoms. The predicted octanol–water partition coefficient (Wildman–Crippen LogP) is 2.35. The van der Waals surface area contributed by atoms with Gasteiger partial charge in [-0.05, 0) is 12.1 Å². The first kappa shape index (κ1) is 16.3. The van der Waals surface area contributed by atoms with Gasteiger partial charge in [-0.2, -0.15) is 0 Å². The highest BCUT2D eigenvalue weighted by Crippen LogP contribution is 2.24. The molecule has 0 unspecified atom stereocenters. The summed E-state index contributed by atoms with van der Waals surface area (Å²) < 4.78 is 5.92. The van der Waals surface area contributed by atoms with Crippen molar-refractivity contribution in [1.29, 1.82) is 0 Å². The third-order valence-electron chi connectivity index (χ3n) is 3.77. The Morgan fingerprint density at radius 1 is 1.39 bits per heavy atom. The number of benzene rings is 1. The lowest BCUT2D eigenvalue weighted by atomic mass is 10.2. The summed E-state index contributed by atoms with van der Waals surface area (Å²) in [6.45, 7) is 1.13. The fraction of sp³-hybridized carbons (Fsp3) is 0.438. The van der Waals surface area contributed by atoms with Crippen molar-refractivity contribution < 1.29 is 14.3 Å². The molecule has 2 aromatic rings. The lowest BCUT2D eigenvalue weighted by Crippen LogP contribution is -2.45. The van der Waals surface area contributed by atoms with E-state index in [0.717, 1.165) is 21.0 Å². The molecular formula is C16H18N2O3S2. The number of para-hydroxylation sites is 1. The number of esters is 1. The minimum atomic E-state index is -0.264. The molecule has 1 aliphatic rings. The van der Waals surface area contributed by atoms with Crippen molar-refractivity contribution in [1.82, 2.24) is 9.88 Å². The van der Waals surface area contributed by atoms with Gasteiger partial charge in [0, 0.05) is 31.7 Å². The predicted molar refractivity (Wildman–Crippen MR) is 92.8 cm³/mol. The molecular weight excluding hydrogens is 332 g/mol. The standard InChI is InChI=1S/C16H18N2O3S2/c1-21-16(20)13-10-18(8-9-22-13)15(19)7-6-14-17-11-4-2-3-5-12(11)23-14/h2-5,13H,6-10H2,1H3/t13-/m1/s1. The van der Waals surface area contributed by atoms with Crippen molar-refractivity contribution in [2.45, 2.75) is 18.1 Å². The Morgan fingerprint density at radius 2 is 2.22 bits per heavy atom. The maximum atomic E-state index is 12.4. The minimum Gasteiger partial charge on any atom is -0.468 e. The molecule has 0 saturated carbocycles. The number of carbonyl (C=O) groups excluding carboxylic acids is 2. The maximum absolute atomic E-state index is 12.4. The number of aryl methyl sites for hydroxylation is 1. The molecule has 3 rings (SSSR count). The Morgan fingerprint density at radius 3 is 3.00 bits per heavy atom. The molecule has 1 fully saturated rings. The number of ether oxygens (including phenoxy) is 1. The third kappa shape index (κ3) is 3.84. The first-order chi connectivity index (χ1) is 11.2. The Bertz CT molecular complexity index is 683. The lowest BCUT2D eigenvalue weighted by Gasteiger charge is -2.31. The van der Waals surface area contributed by atoms with Gasteiger partial charge in [0.25, 0.3) is 0 Å². The Hall–Kier alpha value is -1.60. The van der Waals surface area contributed by atoms with E-state index >= 15 is 0 Å². The number of fused-ring (bicyclic) bond motifs is 1. The number of methoxy groups -OCH3 is 1. The van der Waals surface area contributed by atoms with Crippen LogP contribution in [0, 0.1) is 0 Å². The molecule has 5 nitrogen and oxygen atoms in total. The molecule has 1 aromatic carbocycles. The molecule has 1 aliphatic heterocycles. The van der Waals surface area contributed by atoms with Crippen LogP contribution in [0.2, 0.25) is 0 Å². The first-order valence-corrected chi connectivity index (χ1v) is 9.35. The van der Waals surface area contributed by atoms with Gasteiger partial charge in [0.15, 0.2) is 0 Å². The van der Waals surface area contributed by atoms with Crippen molar-refractivity contribution >= 4 is 45.2 Å². The summed E-state index contributed by atoms with van der Waals surface area (Å²) in [7, 11) is 1.39. The number of nitrogens with zero attached hydrogens (tertiary/aromatic N) is 2. The molecule has 23 heavy (non-hydrogen) atoms. The maximum Gasteiger partial charge on any atom is 0.320 e. The average molecular weight is 350 g/mol. The summed E-state index contributed by atoms with van der Waals surface area (Å²) in [6, 6.07) is 7.99. The summed E-state index contributed by atoms with van der Waals surface area (Å²) in [6.07, 6.45) is 1.07. The van der Waals surface area contributed by atoms with E-state index in [2.05, 4.69) is 4.98 Å². The van der Waals surface area contributed by atoms with Gasteiger partial charge < -0.3 is 9.64 Å². The van der Waals surface area contributed by atoms with Crippen LogP contribution in [0.25, 0.3) is 10.2 Å². The van der Waals surface area contributed by atoms with Crippen LogP contribution in [0.1, 0.15) is 11.4 Å². The molecule has 2 heterocycles. The fourth-order valence-corrected chi connectivity index (χ4v) is 4.64. The van der Waals surface area contributed by atoms with Crippen LogP contribution in [-0.4, -0.2) is 53.0 Å². The molecule has 0 N–H and O–H groups in total. The van der Waals surface area contributed by atoms with Gasteiger partial charge >= 0.3 is 5.97 Å². The van der Waals surface area contributed by atoms with Crippen molar-refractivity contribution in [2.24, 2.45) is 0 Å². The molecule has 0 aliphatic carbocycles. The van der Waals surface area contributed by atoms with Crippen LogP contribution in [0.3, 0.4) is 0 Å². The van der Waals surface area contributed by atoms with Gasteiger partial charge in [-0.3, -0.25) is 9.59 Å². The lowest BCUT2D eigenvalue weighted by molar-refractivity contribution is -0.141. The molecule has 1 atom stereocenters. The molecule has 0 bridgehead atoms. The van der Waals surface area contributed by atoms with E-state index < -0.39 is 0 Å². The Kier molecular flexibility index (Phi) is 5.17. The van der Waals surface area contributed by atoms with Crippen LogP contribution < -0.4 is 0 Å². The van der Waals surface area contributed by atoms with E-state index in [1.165, 1.54) is 7.11 Å². The smallest absolute Gasteiger partial charge is 0.320 e. The van der Waals surface area contributed by atoms with E-state index in [0.29, 0.717) is 25.9 Å². The highest BCUT2D eigenvalue weighted by atomic mass is 32.2. The zero-order valence-corrected chi connectivity index (χ0v) is 14.5. The molecule has 0 radical (unpaired) electrons. The number of hydrogen-bond acceptors (Lipinski definition) is 6. The van der Waals surface area contributed by atoms with E-state index in [1.807, 2.05) is 24.3 Å². The highest BCUT2D eigenvalue weighted by Gasteiger charge is 2.29. The van der Waals surface area contributed by atoms with Gasteiger partial charge in [-0.15, -0.1) is 23.1 Å². The minimum absolute atomic E-state index is 0.0819. The van der Waals surface area contributed by atoms with Gasteiger partial charge in [-0.25, -0.2) is 4.98 Å². The van der Waals surface area contributed by atoms with Crippen molar-refractivity contribution in [3.8, 4) is 0 Å². The van der Waals surface area contributed by atoms with Gasteiger partial charge in [-0.1, -0.05) is 12.1 Å². The average Bonchev–Trinajstić information content (AvgIpc) is 3.02. The number of hydrogen-bond donors (Lipinski definition) is 0. The van der Waals surface area contributed by atoms with Crippen LogP contribution >= 0.6 is 23.1 Å². The largest absolute Gasteiger partial charge is 0.468 e. The number of thioether (sulfide) groups is 1. The fourth-order valence-electron chi connectivity index (χ4n) is 2.55. The van der Waals surface area contributed by atoms with Crippen LogP contribution in [-0.2, 0) is 20.7 Å². The molecule has 0 spiro atoms. The number of amides is 1. The van der Waals surface area contributed by atoms with Crippen LogP contribution in [0.4, 0.5) is 0 Å². The molecule has 1 saturated heterocycles. The zero-order valence-electron chi connectivity index (χ0n) is 12.9. The highest BCUT2D eigenvalue weighted by molar-refractivity contribution is 8.00. The monoisotopic (exact) mass is 350 g/mol. The second-order valence-corrected chi connectivity index (χ2v) is 7.72. The summed E-state index contributed by atoms with van der Waals surface area (Å²) in [4.78, 5) is 30.3. The molecule has 1 amide bonds. The topological polar surface area (TPSA) is 59.5 Å². The van der Waals surface area contributed by atoms with E-state index in [-0.39, 0.29) is 17.1 Å². The molecule has 1 aromatic heterocycles. The number of carbonyl (C=O) groups is 2. The summed E-state index contributed by atoms with van der Waals surface area (Å²) in [5, 5.41) is 0.718. The molecule has 122 valence electrons. The number of thiazole rings is 1. The first-order valence-electron chi connectivity index (χ1n) is 7.49. The van der Waals surface area contributed by atoms with Gasteiger partial charge in [0.2, 0.25) is 5.91 Å². The summed E-state index contributed by atoms with van der Waals surface area (Å²) in [5.41, 5.74) is 0.986. The van der Waals surface area contributed by atoms with Gasteiger partial charge in [0.1, 0.15) is 5.25 Å². The van der Waals surface area contributed by atoms with E-state index in [1.54, 1.807) is 28.0 Å². The van der Waals surface area contributed by atoms with Crippen molar-refractivity contribution in [3.05, 3.63) is 29.3 Å². The Labute approximate surface area is 143 Å². The quantitative estimate of drug-likeness (QED) is 0.792. The second kappa shape index (κ2) is 7.31. The zero-order chi connectivity index (χ0) is 16.2. The summed E-state index contributed by atoms with van der Waals surface area (Å²) >= 11 is 3.19. The van der Waals surface area contributed by atoms with Crippen LogP contribution in [0.15, 0.2) is 24.3 Å². The van der Waals surface area contributed by atoms with Crippen molar-refractivity contribution in [3.63, 3.8) is 0 Å².